The number of halogens is 2. The van der Waals surface area contributed by atoms with Gasteiger partial charge in [-0.25, -0.2) is 31.7 Å². The molecule has 10 heteroatoms. The minimum atomic E-state index is -4.17. The number of nitrogens with one attached hydrogen (secondary N) is 1. The summed E-state index contributed by atoms with van der Waals surface area (Å²) in [5.41, 5.74) is 0.697. The molecule has 0 aliphatic heterocycles. The topological polar surface area (TPSA) is 85.4 Å². The second-order valence-electron chi connectivity index (χ2n) is 2.72. The molecule has 0 saturated carbocycles. The van der Waals surface area contributed by atoms with E-state index in [1.165, 1.54) is 0 Å². The van der Waals surface area contributed by atoms with E-state index in [0.29, 0.717) is 11.3 Å². The Balaban J connectivity index is 2.99. The Bertz CT molecular complexity index is 500. The number of methoxy groups -OCH3 is 1. The molecule has 1 rings (SSSR count). The van der Waals surface area contributed by atoms with Crippen LogP contribution in [0.5, 0.6) is 0 Å². The molecule has 0 saturated heterocycles. The summed E-state index contributed by atoms with van der Waals surface area (Å²) in [5, 5.41) is 0. The highest BCUT2D eigenvalue weighted by Gasteiger charge is 2.26. The molecule has 0 aliphatic carbocycles. The lowest BCUT2D eigenvalue weighted by molar-refractivity contribution is 0.0590. The molecule has 0 radical (unpaired) electrons. The van der Waals surface area contributed by atoms with E-state index in [0.717, 1.165) is 12.6 Å². The summed E-state index contributed by atoms with van der Waals surface area (Å²) in [6.07, 6.45) is -2.82. The number of rotatable bonds is 5. The summed E-state index contributed by atoms with van der Waals surface area (Å²) < 4.78 is 52.5. The average Bonchev–Trinajstić information content (AvgIpc) is 2.75. The lowest BCUT2D eigenvalue weighted by atomic mass is 10.5. The Hall–Kier alpha value is -1.13. The van der Waals surface area contributed by atoms with E-state index in [9.17, 15) is 22.0 Å². The Kier molecular flexibility index (Phi) is 4.48. The van der Waals surface area contributed by atoms with Gasteiger partial charge in [0.15, 0.2) is 9.90 Å². The number of thiazole rings is 1. The number of carbonyl (C=O) groups is 1. The van der Waals surface area contributed by atoms with Gasteiger partial charge in [0.25, 0.3) is 16.4 Å². The van der Waals surface area contributed by atoms with E-state index in [1.54, 1.807) is 4.72 Å². The Morgan fingerprint density at radius 3 is 2.82 bits per heavy atom. The second kappa shape index (κ2) is 5.47. The zero-order valence-corrected chi connectivity index (χ0v) is 10.1. The van der Waals surface area contributed by atoms with E-state index in [4.69, 9.17) is 0 Å². The molecule has 17 heavy (non-hydrogen) atoms. The van der Waals surface area contributed by atoms with Gasteiger partial charge >= 0.3 is 5.97 Å². The van der Waals surface area contributed by atoms with Crippen LogP contribution >= 0.6 is 11.3 Å². The van der Waals surface area contributed by atoms with Gasteiger partial charge in [-0.05, 0) is 0 Å². The van der Waals surface area contributed by atoms with Gasteiger partial charge in [0.1, 0.15) is 0 Å². The summed E-state index contributed by atoms with van der Waals surface area (Å²) in [5.74, 6) is -0.941. The van der Waals surface area contributed by atoms with Crippen LogP contribution in [0.2, 0.25) is 0 Å². The molecule has 0 atom stereocenters. The van der Waals surface area contributed by atoms with Crippen molar-refractivity contribution in [1.29, 1.82) is 0 Å². The number of aromatic nitrogens is 1. The van der Waals surface area contributed by atoms with Gasteiger partial charge in [-0.15, -0.1) is 11.3 Å². The number of nitrogens with zero attached hydrogens (tertiary/aromatic N) is 1. The zero-order valence-electron chi connectivity index (χ0n) is 8.51. The van der Waals surface area contributed by atoms with Gasteiger partial charge < -0.3 is 4.74 Å². The van der Waals surface area contributed by atoms with Crippen molar-refractivity contribution in [2.24, 2.45) is 0 Å². The van der Waals surface area contributed by atoms with Gasteiger partial charge in [0.2, 0.25) is 0 Å². The summed E-state index contributed by atoms with van der Waals surface area (Å²) >= 11 is 0.645. The number of esters is 1. The molecular formula is C7H8F2N2O4S2. The zero-order chi connectivity index (χ0) is 13.1. The first kappa shape index (κ1) is 13.9. The molecule has 0 fully saturated rings. The Labute approximate surface area is 99.7 Å². The maximum absolute atomic E-state index is 11.9. The standard InChI is InChI=1S/C7H8F2N2O4S2/c1-15-6(12)5-7(16-3-10-5)17(13,14)11-2-4(8)9/h3-4,11H,2H2,1H3. The molecule has 1 N–H and O–H groups in total. The molecule has 6 nitrogen and oxygen atoms in total. The molecule has 0 spiro atoms. The maximum atomic E-state index is 11.9. The van der Waals surface area contributed by atoms with Crippen LogP contribution in [-0.4, -0.2) is 39.5 Å². The van der Waals surface area contributed by atoms with Gasteiger partial charge in [-0.2, -0.15) is 0 Å². The molecule has 1 aromatic rings. The van der Waals surface area contributed by atoms with Crippen LogP contribution in [0.4, 0.5) is 8.78 Å². The molecule has 0 bridgehead atoms. The van der Waals surface area contributed by atoms with Crippen molar-refractivity contribution >= 4 is 27.3 Å². The van der Waals surface area contributed by atoms with Gasteiger partial charge in [-0.3, -0.25) is 0 Å². The van der Waals surface area contributed by atoms with Crippen molar-refractivity contribution in [3.05, 3.63) is 11.2 Å². The predicted molar refractivity (Wildman–Crippen MR) is 54.6 cm³/mol. The first-order valence-electron chi connectivity index (χ1n) is 4.18. The third-order valence-corrected chi connectivity index (χ3v) is 4.38. The highest BCUT2D eigenvalue weighted by molar-refractivity contribution is 7.91. The number of hydrogen-bond donors (Lipinski definition) is 1. The first-order valence-corrected chi connectivity index (χ1v) is 6.54. The lowest BCUT2D eigenvalue weighted by Crippen LogP contribution is -2.29. The Morgan fingerprint density at radius 2 is 2.29 bits per heavy atom. The van der Waals surface area contributed by atoms with Crippen molar-refractivity contribution < 1.29 is 26.7 Å². The van der Waals surface area contributed by atoms with E-state index in [2.05, 4.69) is 9.72 Å². The largest absolute Gasteiger partial charge is 0.464 e. The van der Waals surface area contributed by atoms with Crippen LogP contribution in [0, 0.1) is 0 Å². The van der Waals surface area contributed by atoms with Crippen LogP contribution in [-0.2, 0) is 14.8 Å². The lowest BCUT2D eigenvalue weighted by Gasteiger charge is -2.04. The van der Waals surface area contributed by atoms with E-state index < -0.39 is 38.9 Å². The van der Waals surface area contributed by atoms with Crippen molar-refractivity contribution in [3.8, 4) is 0 Å². The maximum Gasteiger partial charge on any atom is 0.358 e. The summed E-state index contributed by atoms with van der Waals surface area (Å²) in [6.45, 7) is -1.03. The van der Waals surface area contributed by atoms with Crippen molar-refractivity contribution in [2.45, 2.75) is 10.6 Å². The Morgan fingerprint density at radius 1 is 1.65 bits per heavy atom. The minimum Gasteiger partial charge on any atom is -0.464 e. The van der Waals surface area contributed by atoms with E-state index in [1.807, 2.05) is 0 Å². The average molecular weight is 286 g/mol. The van der Waals surface area contributed by atoms with Gasteiger partial charge in [0, 0.05) is 0 Å². The minimum absolute atomic E-state index is 0.417. The van der Waals surface area contributed by atoms with Crippen LogP contribution in [0.1, 0.15) is 10.5 Å². The fourth-order valence-corrected chi connectivity index (χ4v) is 3.08. The fourth-order valence-electron chi connectivity index (χ4n) is 0.897. The quantitative estimate of drug-likeness (QED) is 0.795. The van der Waals surface area contributed by atoms with Crippen molar-refractivity contribution in [1.82, 2.24) is 9.71 Å². The molecule has 1 aromatic heterocycles. The number of carbonyl (C=O) groups excluding carboxylic acids is 1. The second-order valence-corrected chi connectivity index (χ2v) is 5.54. The van der Waals surface area contributed by atoms with Gasteiger partial charge in [-0.1, -0.05) is 0 Å². The molecular weight excluding hydrogens is 278 g/mol. The van der Waals surface area contributed by atoms with Crippen LogP contribution in [0.15, 0.2) is 9.72 Å². The summed E-state index contributed by atoms with van der Waals surface area (Å²) in [7, 11) is -3.11. The summed E-state index contributed by atoms with van der Waals surface area (Å²) in [6, 6.07) is 0. The molecule has 0 aliphatic rings. The van der Waals surface area contributed by atoms with Gasteiger partial charge in [0.05, 0.1) is 19.2 Å². The van der Waals surface area contributed by atoms with Crippen LogP contribution in [0.25, 0.3) is 0 Å². The van der Waals surface area contributed by atoms with Crippen LogP contribution in [0.3, 0.4) is 0 Å². The highest BCUT2D eigenvalue weighted by Crippen LogP contribution is 2.20. The van der Waals surface area contributed by atoms with Crippen LogP contribution < -0.4 is 4.72 Å². The fraction of sp³-hybridized carbons (Fsp3) is 0.429. The van der Waals surface area contributed by atoms with Crippen molar-refractivity contribution in [2.75, 3.05) is 13.7 Å². The molecule has 0 aromatic carbocycles. The molecule has 0 amide bonds. The molecule has 0 unspecified atom stereocenters. The molecule has 1 heterocycles. The van der Waals surface area contributed by atoms with E-state index >= 15 is 0 Å². The number of hydrogen-bond acceptors (Lipinski definition) is 6. The number of alkyl halides is 2. The van der Waals surface area contributed by atoms with Crippen molar-refractivity contribution in [3.63, 3.8) is 0 Å². The normalized spacial score (nSPS) is 11.8. The highest BCUT2D eigenvalue weighted by atomic mass is 32.2. The third-order valence-electron chi connectivity index (χ3n) is 1.59. The monoisotopic (exact) mass is 286 g/mol. The first-order chi connectivity index (χ1) is 7.88. The van der Waals surface area contributed by atoms with E-state index in [-0.39, 0.29) is 0 Å². The number of sulfonamides is 1. The molecule has 96 valence electrons. The SMILES string of the molecule is COC(=O)c1ncsc1S(=O)(=O)NCC(F)F. The smallest absolute Gasteiger partial charge is 0.358 e. The predicted octanol–water partition coefficient (Wildman–Crippen LogP) is 0.473. The number of ether oxygens (including phenoxy) is 1. The third kappa shape index (κ3) is 3.41. The summed E-state index contributed by atoms with van der Waals surface area (Å²) in [4.78, 5) is 14.7.